The Morgan fingerprint density at radius 3 is 2.50 bits per heavy atom. The zero-order chi connectivity index (χ0) is 10.4. The molecule has 0 saturated heterocycles. The molecule has 0 aromatic heterocycles. The fraction of sp³-hybridized carbons (Fsp3) is 0.500. The minimum absolute atomic E-state index is 0.630. The van der Waals surface area contributed by atoms with Crippen LogP contribution in [-0.2, 0) is 6.42 Å². The van der Waals surface area contributed by atoms with Gasteiger partial charge in [-0.15, -0.1) is 0 Å². The van der Waals surface area contributed by atoms with Gasteiger partial charge in [0.05, 0.1) is 0 Å². The van der Waals surface area contributed by atoms with Crippen LogP contribution in [0.5, 0.6) is 0 Å². The van der Waals surface area contributed by atoms with Crippen LogP contribution in [-0.4, -0.2) is 12.6 Å². The van der Waals surface area contributed by atoms with Crippen molar-refractivity contribution >= 4 is 15.9 Å². The second-order valence-electron chi connectivity index (χ2n) is 3.64. The molecule has 1 aromatic carbocycles. The van der Waals surface area contributed by atoms with Gasteiger partial charge in [0.1, 0.15) is 0 Å². The summed E-state index contributed by atoms with van der Waals surface area (Å²) in [7, 11) is 0. The second kappa shape index (κ2) is 6.20. The van der Waals surface area contributed by atoms with Gasteiger partial charge in [0, 0.05) is 10.5 Å². The number of hydrogen-bond donors (Lipinski definition) is 1. The molecular formula is C12H18BrN. The molecule has 0 saturated carbocycles. The van der Waals surface area contributed by atoms with E-state index >= 15 is 0 Å². The molecule has 0 aliphatic heterocycles. The topological polar surface area (TPSA) is 12.0 Å². The summed E-state index contributed by atoms with van der Waals surface area (Å²) in [4.78, 5) is 0. The highest BCUT2D eigenvalue weighted by atomic mass is 79.9. The monoisotopic (exact) mass is 255 g/mol. The summed E-state index contributed by atoms with van der Waals surface area (Å²) in [6.45, 7) is 5.50. The fourth-order valence-corrected chi connectivity index (χ4v) is 1.52. The van der Waals surface area contributed by atoms with Gasteiger partial charge in [0.15, 0.2) is 0 Å². The van der Waals surface area contributed by atoms with Crippen LogP contribution in [0.2, 0.25) is 0 Å². The third-order valence-electron chi connectivity index (χ3n) is 2.43. The minimum atomic E-state index is 0.630. The van der Waals surface area contributed by atoms with Gasteiger partial charge in [0.2, 0.25) is 0 Å². The van der Waals surface area contributed by atoms with Gasteiger partial charge in [-0.1, -0.05) is 35.0 Å². The van der Waals surface area contributed by atoms with Gasteiger partial charge in [-0.05, 0) is 44.0 Å². The summed E-state index contributed by atoms with van der Waals surface area (Å²) < 4.78 is 1.15. The Kier molecular flexibility index (Phi) is 5.20. The molecule has 1 unspecified atom stereocenters. The summed E-state index contributed by atoms with van der Waals surface area (Å²) in [5.41, 5.74) is 1.39. The lowest BCUT2D eigenvalue weighted by Crippen LogP contribution is -2.27. The fourth-order valence-electron chi connectivity index (χ4n) is 1.26. The Balaban J connectivity index is 2.28. The standard InChI is InChI=1S/C12H18BrN/c1-3-10(2)14-9-8-11-4-6-12(13)7-5-11/h4-7,10,14H,3,8-9H2,1-2H3. The Morgan fingerprint density at radius 2 is 1.93 bits per heavy atom. The van der Waals surface area contributed by atoms with E-state index < -0.39 is 0 Å². The predicted octanol–water partition coefficient (Wildman–Crippen LogP) is 3.38. The maximum atomic E-state index is 3.48. The average Bonchev–Trinajstić information content (AvgIpc) is 2.21. The zero-order valence-electron chi connectivity index (χ0n) is 8.89. The Hall–Kier alpha value is -0.340. The maximum Gasteiger partial charge on any atom is 0.0175 e. The van der Waals surface area contributed by atoms with Crippen LogP contribution in [0.15, 0.2) is 28.7 Å². The van der Waals surface area contributed by atoms with Crippen molar-refractivity contribution in [2.24, 2.45) is 0 Å². The Labute approximate surface area is 95.0 Å². The molecule has 1 atom stereocenters. The van der Waals surface area contributed by atoms with Crippen molar-refractivity contribution in [1.82, 2.24) is 5.32 Å². The van der Waals surface area contributed by atoms with Crippen molar-refractivity contribution in [3.05, 3.63) is 34.3 Å². The van der Waals surface area contributed by atoms with Gasteiger partial charge in [-0.2, -0.15) is 0 Å². The molecule has 0 spiro atoms. The van der Waals surface area contributed by atoms with E-state index in [1.54, 1.807) is 0 Å². The van der Waals surface area contributed by atoms with E-state index in [0.717, 1.165) is 17.4 Å². The van der Waals surface area contributed by atoms with E-state index in [-0.39, 0.29) is 0 Å². The summed E-state index contributed by atoms with van der Waals surface area (Å²) in [6, 6.07) is 9.16. The third-order valence-corrected chi connectivity index (χ3v) is 2.96. The SMILES string of the molecule is CCC(C)NCCc1ccc(Br)cc1. The molecule has 0 amide bonds. The van der Waals surface area contributed by atoms with E-state index in [1.165, 1.54) is 12.0 Å². The molecule has 0 radical (unpaired) electrons. The highest BCUT2D eigenvalue weighted by molar-refractivity contribution is 9.10. The molecule has 14 heavy (non-hydrogen) atoms. The number of hydrogen-bond acceptors (Lipinski definition) is 1. The van der Waals surface area contributed by atoms with Crippen LogP contribution in [0.1, 0.15) is 25.8 Å². The molecule has 2 heteroatoms. The van der Waals surface area contributed by atoms with Crippen molar-refractivity contribution < 1.29 is 0 Å². The molecule has 1 rings (SSSR count). The highest BCUT2D eigenvalue weighted by Gasteiger charge is 1.97. The average molecular weight is 256 g/mol. The lowest BCUT2D eigenvalue weighted by molar-refractivity contribution is 0.537. The van der Waals surface area contributed by atoms with E-state index in [1.807, 2.05) is 0 Å². The van der Waals surface area contributed by atoms with Crippen molar-refractivity contribution in [3.63, 3.8) is 0 Å². The molecule has 0 bridgehead atoms. The summed E-state index contributed by atoms with van der Waals surface area (Å²) in [6.07, 6.45) is 2.30. The largest absolute Gasteiger partial charge is 0.314 e. The summed E-state index contributed by atoms with van der Waals surface area (Å²) in [5, 5.41) is 3.48. The van der Waals surface area contributed by atoms with Crippen LogP contribution in [0.4, 0.5) is 0 Å². The quantitative estimate of drug-likeness (QED) is 0.851. The first kappa shape index (κ1) is 11.7. The molecule has 0 aliphatic rings. The lowest BCUT2D eigenvalue weighted by atomic mass is 10.1. The van der Waals surface area contributed by atoms with Crippen LogP contribution >= 0.6 is 15.9 Å². The molecule has 0 aliphatic carbocycles. The van der Waals surface area contributed by atoms with E-state index in [0.29, 0.717) is 6.04 Å². The minimum Gasteiger partial charge on any atom is -0.314 e. The van der Waals surface area contributed by atoms with E-state index in [4.69, 9.17) is 0 Å². The van der Waals surface area contributed by atoms with Crippen LogP contribution in [0.3, 0.4) is 0 Å². The van der Waals surface area contributed by atoms with Gasteiger partial charge in [0.25, 0.3) is 0 Å². The van der Waals surface area contributed by atoms with E-state index in [9.17, 15) is 0 Å². The number of benzene rings is 1. The smallest absolute Gasteiger partial charge is 0.0175 e. The third kappa shape index (κ3) is 4.25. The number of halogens is 1. The van der Waals surface area contributed by atoms with Crippen LogP contribution in [0, 0.1) is 0 Å². The molecule has 1 aromatic rings. The molecule has 0 fully saturated rings. The molecular weight excluding hydrogens is 238 g/mol. The van der Waals surface area contributed by atoms with Crippen molar-refractivity contribution in [2.45, 2.75) is 32.7 Å². The van der Waals surface area contributed by atoms with Crippen LogP contribution in [0.25, 0.3) is 0 Å². The first-order chi connectivity index (χ1) is 6.72. The van der Waals surface area contributed by atoms with Crippen molar-refractivity contribution in [2.75, 3.05) is 6.54 Å². The first-order valence-corrected chi connectivity index (χ1v) is 5.99. The molecule has 1 nitrogen and oxygen atoms in total. The van der Waals surface area contributed by atoms with Gasteiger partial charge in [-0.25, -0.2) is 0 Å². The number of nitrogens with one attached hydrogen (secondary N) is 1. The Morgan fingerprint density at radius 1 is 1.29 bits per heavy atom. The number of rotatable bonds is 5. The molecule has 1 N–H and O–H groups in total. The highest BCUT2D eigenvalue weighted by Crippen LogP contribution is 2.10. The zero-order valence-corrected chi connectivity index (χ0v) is 10.5. The first-order valence-electron chi connectivity index (χ1n) is 5.20. The van der Waals surface area contributed by atoms with Gasteiger partial charge >= 0.3 is 0 Å². The lowest BCUT2D eigenvalue weighted by Gasteiger charge is -2.10. The van der Waals surface area contributed by atoms with Gasteiger partial charge < -0.3 is 5.32 Å². The summed E-state index contributed by atoms with van der Waals surface area (Å²) >= 11 is 3.43. The summed E-state index contributed by atoms with van der Waals surface area (Å²) in [5.74, 6) is 0. The van der Waals surface area contributed by atoms with Gasteiger partial charge in [-0.3, -0.25) is 0 Å². The second-order valence-corrected chi connectivity index (χ2v) is 4.56. The predicted molar refractivity (Wildman–Crippen MR) is 65.6 cm³/mol. The van der Waals surface area contributed by atoms with Crippen LogP contribution < -0.4 is 5.32 Å². The normalized spacial score (nSPS) is 12.8. The van der Waals surface area contributed by atoms with E-state index in [2.05, 4.69) is 59.4 Å². The van der Waals surface area contributed by atoms with Crippen molar-refractivity contribution in [3.8, 4) is 0 Å². The molecule has 0 heterocycles. The van der Waals surface area contributed by atoms with Crippen molar-refractivity contribution in [1.29, 1.82) is 0 Å². The Bertz CT molecular complexity index is 256. The maximum absolute atomic E-state index is 3.48. The molecule has 78 valence electrons.